The van der Waals surface area contributed by atoms with Crippen molar-refractivity contribution in [1.82, 2.24) is 49.4 Å². The van der Waals surface area contributed by atoms with Crippen molar-refractivity contribution in [1.29, 1.82) is 0 Å². The van der Waals surface area contributed by atoms with Crippen LogP contribution in [0.25, 0.3) is 0 Å². The van der Waals surface area contributed by atoms with Crippen molar-refractivity contribution in [2.24, 2.45) is 10.8 Å². The largest absolute Gasteiger partial charge is 0.444 e. The zero-order valence-corrected chi connectivity index (χ0v) is 49.0. The van der Waals surface area contributed by atoms with Gasteiger partial charge in [0.25, 0.3) is 0 Å². The molecule has 2 aliphatic carbocycles. The van der Waals surface area contributed by atoms with Gasteiger partial charge in [-0.3, -0.25) is 28.8 Å². The maximum absolute atomic E-state index is 13.6. The predicted molar refractivity (Wildman–Crippen MR) is 305 cm³/mol. The monoisotopic (exact) mass is 1100 g/mol. The SMILES string of the molecule is CN(CCN(C)C(=O)OC(C)(C)C)Cc1nn2c(c1C1CCC3(CC1)CCN(Cc1ccccc1)C3=O)COCC2.CNCCN(C)Cc1nn2c(c1C1CCC3(CC1)CCN(Cc1ccccc1)C3=O)COCC2.CO.Cl. The van der Waals surface area contributed by atoms with Crippen molar-refractivity contribution >= 4 is 30.3 Å². The number of rotatable bonds is 16. The summed E-state index contributed by atoms with van der Waals surface area (Å²) in [4.78, 5) is 49.9. The molecule has 2 aromatic carbocycles. The molecule has 2 spiro atoms. The molecule has 6 heterocycles. The van der Waals surface area contributed by atoms with E-state index in [9.17, 15) is 14.4 Å². The number of hydrogen-bond acceptors (Lipinski definition) is 12. The quantitative estimate of drug-likeness (QED) is 0.112. The van der Waals surface area contributed by atoms with Crippen molar-refractivity contribution in [2.45, 2.75) is 155 Å². The number of benzene rings is 2. The molecule has 0 unspecified atom stereocenters. The topological polar surface area (TPSA) is 163 Å². The summed E-state index contributed by atoms with van der Waals surface area (Å²) in [5, 5.41) is 20.3. The summed E-state index contributed by atoms with van der Waals surface area (Å²) in [5.41, 5.74) is 9.09. The summed E-state index contributed by atoms with van der Waals surface area (Å²) >= 11 is 0. The number of hydrogen-bond donors (Lipinski definition) is 2. The zero-order valence-electron chi connectivity index (χ0n) is 48.1. The highest BCUT2D eigenvalue weighted by Gasteiger charge is 2.50. The van der Waals surface area contributed by atoms with Gasteiger partial charge < -0.3 is 39.3 Å². The first-order valence-electron chi connectivity index (χ1n) is 28.5. The second-order valence-electron chi connectivity index (χ2n) is 23.7. The molecule has 2 saturated heterocycles. The van der Waals surface area contributed by atoms with Gasteiger partial charge in [0.2, 0.25) is 11.8 Å². The number of aromatic nitrogens is 4. The van der Waals surface area contributed by atoms with Gasteiger partial charge in [0.1, 0.15) is 5.60 Å². The molecular formula is C60H91ClN10O7. The molecule has 2 N–H and O–H groups in total. The molecule has 18 heteroatoms. The predicted octanol–water partition coefficient (Wildman–Crippen LogP) is 7.96. The summed E-state index contributed by atoms with van der Waals surface area (Å²) in [6.07, 6.45) is 9.64. The second-order valence-corrected chi connectivity index (χ2v) is 23.7. The Morgan fingerprint density at radius 2 is 1.09 bits per heavy atom. The average molecular weight is 1100 g/mol. The van der Waals surface area contributed by atoms with Crippen LogP contribution in [0.1, 0.15) is 142 Å². The Labute approximate surface area is 470 Å². The first kappa shape index (κ1) is 60.8. The molecule has 3 amide bonds. The lowest BCUT2D eigenvalue weighted by atomic mass is 9.67. The number of halogens is 1. The third kappa shape index (κ3) is 14.5. The van der Waals surface area contributed by atoms with Crippen molar-refractivity contribution in [3.05, 3.63) is 106 Å². The van der Waals surface area contributed by atoms with Gasteiger partial charge in [-0.25, -0.2) is 4.79 Å². The van der Waals surface area contributed by atoms with E-state index in [-0.39, 0.29) is 29.3 Å². The van der Waals surface area contributed by atoms with E-state index in [4.69, 9.17) is 29.5 Å². The second kappa shape index (κ2) is 27.5. The first-order valence-corrected chi connectivity index (χ1v) is 28.5. The molecule has 17 nitrogen and oxygen atoms in total. The van der Waals surface area contributed by atoms with Crippen molar-refractivity contribution < 1.29 is 33.7 Å². The van der Waals surface area contributed by atoms with Crippen LogP contribution in [0, 0.1) is 10.8 Å². The third-order valence-corrected chi connectivity index (χ3v) is 17.2. The van der Waals surface area contributed by atoms with Crippen LogP contribution in [0.15, 0.2) is 60.7 Å². The Morgan fingerprint density at radius 3 is 1.50 bits per heavy atom. The molecular weight excluding hydrogens is 1010 g/mol. The lowest BCUT2D eigenvalue weighted by Crippen LogP contribution is -2.38. The lowest BCUT2D eigenvalue weighted by molar-refractivity contribution is -0.139. The average Bonchev–Trinajstić information content (AvgIpc) is 4.16. The number of nitrogens with zero attached hydrogens (tertiary/aromatic N) is 9. The van der Waals surface area contributed by atoms with Gasteiger partial charge in [-0.15, -0.1) is 12.4 Å². The third-order valence-electron chi connectivity index (χ3n) is 17.2. The van der Waals surface area contributed by atoms with Gasteiger partial charge >= 0.3 is 6.09 Å². The van der Waals surface area contributed by atoms with Gasteiger partial charge in [0.15, 0.2) is 0 Å². The molecule has 430 valence electrons. The van der Waals surface area contributed by atoms with Gasteiger partial charge in [-0.1, -0.05) is 60.7 Å². The Morgan fingerprint density at radius 1 is 0.667 bits per heavy atom. The minimum Gasteiger partial charge on any atom is -0.444 e. The number of amides is 3. The number of carbonyl (C=O) groups excluding carboxylic acids is 3. The molecule has 4 aliphatic heterocycles. The number of carbonyl (C=O) groups is 3. The van der Waals surface area contributed by atoms with Gasteiger partial charge in [0.05, 0.1) is 73.1 Å². The molecule has 78 heavy (non-hydrogen) atoms. The van der Waals surface area contributed by atoms with Crippen LogP contribution in [0.5, 0.6) is 0 Å². The normalized spacial score (nSPS) is 22.9. The van der Waals surface area contributed by atoms with Gasteiger partial charge in [-0.05, 0) is 129 Å². The summed E-state index contributed by atoms with van der Waals surface area (Å²) < 4.78 is 21.6. The highest BCUT2D eigenvalue weighted by Crippen LogP contribution is 2.52. The first-order chi connectivity index (χ1) is 37.1. The summed E-state index contributed by atoms with van der Waals surface area (Å²) in [5.74, 6) is 1.58. The van der Waals surface area contributed by atoms with E-state index in [1.54, 1.807) is 11.9 Å². The Hall–Kier alpha value is -4.88. The fourth-order valence-electron chi connectivity index (χ4n) is 12.9. The van der Waals surface area contributed by atoms with Crippen LogP contribution in [0.3, 0.4) is 0 Å². The van der Waals surface area contributed by atoms with Crippen LogP contribution in [0.2, 0.25) is 0 Å². The lowest BCUT2D eigenvalue weighted by Gasteiger charge is -2.36. The number of fused-ring (bicyclic) bond motifs is 2. The van der Waals surface area contributed by atoms with E-state index in [0.717, 1.165) is 136 Å². The smallest absolute Gasteiger partial charge is 0.410 e. The van der Waals surface area contributed by atoms with E-state index in [2.05, 4.69) is 84.8 Å². The molecule has 0 bridgehead atoms. The van der Waals surface area contributed by atoms with Crippen molar-refractivity contribution in [3.8, 4) is 0 Å². The minimum atomic E-state index is -0.508. The highest BCUT2D eigenvalue weighted by molar-refractivity contribution is 5.86. The molecule has 0 atom stereocenters. The van der Waals surface area contributed by atoms with E-state index >= 15 is 0 Å². The number of aliphatic hydroxyl groups is 1. The Bertz CT molecular complexity index is 2550. The molecule has 4 aromatic rings. The molecule has 6 aliphatic rings. The number of ether oxygens (including phenoxy) is 3. The van der Waals surface area contributed by atoms with Crippen LogP contribution in [0.4, 0.5) is 4.79 Å². The van der Waals surface area contributed by atoms with Crippen molar-refractivity contribution in [2.75, 3.05) is 87.8 Å². The molecule has 2 saturated carbocycles. The minimum absolute atomic E-state index is 0. The Balaban J connectivity index is 0.000000220. The molecule has 2 aromatic heterocycles. The van der Waals surface area contributed by atoms with Gasteiger partial charge in [0, 0.05) is 90.7 Å². The van der Waals surface area contributed by atoms with E-state index in [1.807, 2.05) is 52.1 Å². The van der Waals surface area contributed by atoms with Crippen molar-refractivity contribution in [3.63, 3.8) is 0 Å². The fraction of sp³-hybridized carbons (Fsp3) is 0.650. The van der Waals surface area contributed by atoms with Crippen LogP contribution >= 0.6 is 12.4 Å². The van der Waals surface area contributed by atoms with Crippen LogP contribution in [-0.4, -0.2) is 160 Å². The van der Waals surface area contributed by atoms with Gasteiger partial charge in [-0.2, -0.15) is 10.2 Å². The molecule has 0 radical (unpaired) electrons. The summed E-state index contributed by atoms with van der Waals surface area (Å²) in [6, 6.07) is 20.7. The van der Waals surface area contributed by atoms with Crippen LogP contribution < -0.4 is 5.32 Å². The molecule has 10 rings (SSSR count). The highest BCUT2D eigenvalue weighted by atomic mass is 35.5. The number of aliphatic hydroxyl groups excluding tert-OH is 1. The van der Waals surface area contributed by atoms with E-state index < -0.39 is 5.60 Å². The van der Waals surface area contributed by atoms with E-state index in [0.29, 0.717) is 69.6 Å². The number of likely N-dealkylation sites (tertiary alicyclic amines) is 2. The maximum atomic E-state index is 13.6. The number of likely N-dealkylation sites (N-methyl/N-ethyl adjacent to an activating group) is 4. The zero-order chi connectivity index (χ0) is 54.7. The molecule has 4 fully saturated rings. The standard InChI is InChI=1S/C32H47N5O4.C27H39N5O2.CH4O.ClH/c1-31(2,3)41-30(39)35(5)18-17-34(4)22-26-28(27-23-40-20-19-37(27)33-26)25-11-13-32(14-12-25)15-16-36(29(32)38)21-24-9-7-6-8-10-24;1-28-13-15-30(2)19-23-25(24-20-34-17-16-32(24)29-23)22-8-10-27(11-9-22)12-14-31(26(27)33)18-21-6-4-3-5-7-21;1-2;/h6-10,25H,11-23H2,1-5H3;3-7,22,28H,8-20H2,1-2H3;2H,1H3;1H. The number of nitrogens with one attached hydrogen (secondary N) is 1. The summed E-state index contributed by atoms with van der Waals surface area (Å²) in [7, 11) is 9.03. The Kier molecular flexibility index (Phi) is 21.4. The fourth-order valence-corrected chi connectivity index (χ4v) is 12.9. The van der Waals surface area contributed by atoms with E-state index in [1.165, 1.54) is 39.3 Å². The maximum Gasteiger partial charge on any atom is 0.410 e. The van der Waals surface area contributed by atoms with Crippen LogP contribution in [-0.2, 0) is 76.3 Å². The summed E-state index contributed by atoms with van der Waals surface area (Å²) in [6.45, 7) is 17.9.